The lowest BCUT2D eigenvalue weighted by Gasteiger charge is -2.05. The van der Waals surface area contributed by atoms with Crippen molar-refractivity contribution in [2.24, 2.45) is 4.99 Å². The van der Waals surface area contributed by atoms with Crippen LogP contribution in [0.2, 0.25) is 0 Å². The van der Waals surface area contributed by atoms with Gasteiger partial charge in [-0.3, -0.25) is 4.99 Å². The number of phenolic OH excluding ortho intramolecular Hbond substituents is 1. The number of fused-ring (bicyclic) bond motifs is 1. The van der Waals surface area contributed by atoms with E-state index in [1.807, 2.05) is 61.5 Å². The molecule has 3 aromatic rings. The number of aromatic hydroxyl groups is 1. The van der Waals surface area contributed by atoms with Crippen LogP contribution >= 0.6 is 0 Å². The number of benzene rings is 3. The topological polar surface area (TPSA) is 41.8 Å². The maximum Gasteiger partial charge on any atom is 0.124 e. The van der Waals surface area contributed by atoms with Crippen LogP contribution < -0.4 is 4.74 Å². The van der Waals surface area contributed by atoms with Gasteiger partial charge in [-0.15, -0.1) is 0 Å². The van der Waals surface area contributed by atoms with E-state index in [1.165, 1.54) is 0 Å². The predicted molar refractivity (Wildman–Crippen MR) is 90.5 cm³/mol. The van der Waals surface area contributed by atoms with E-state index >= 15 is 0 Å². The molecule has 0 saturated carbocycles. The van der Waals surface area contributed by atoms with Gasteiger partial charge in [0.1, 0.15) is 11.5 Å². The van der Waals surface area contributed by atoms with Crippen LogP contribution in [0.3, 0.4) is 0 Å². The Hall–Kier alpha value is -2.81. The first kappa shape index (κ1) is 14.1. The van der Waals surface area contributed by atoms with Crippen molar-refractivity contribution in [2.75, 3.05) is 6.61 Å². The summed E-state index contributed by atoms with van der Waals surface area (Å²) in [5.74, 6) is 1.06. The first-order chi connectivity index (χ1) is 10.8. The molecule has 22 heavy (non-hydrogen) atoms. The van der Waals surface area contributed by atoms with Crippen molar-refractivity contribution >= 4 is 22.7 Å². The van der Waals surface area contributed by atoms with Gasteiger partial charge in [-0.25, -0.2) is 0 Å². The maximum absolute atomic E-state index is 10.1. The maximum atomic E-state index is 10.1. The number of aliphatic imine (C=N–C) groups is 1. The van der Waals surface area contributed by atoms with Gasteiger partial charge < -0.3 is 9.84 Å². The van der Waals surface area contributed by atoms with E-state index in [0.717, 1.165) is 27.8 Å². The molecule has 0 atom stereocenters. The first-order valence-electron chi connectivity index (χ1n) is 7.25. The molecule has 0 radical (unpaired) electrons. The van der Waals surface area contributed by atoms with Crippen LogP contribution in [0.5, 0.6) is 11.5 Å². The third-order valence-electron chi connectivity index (χ3n) is 3.44. The Kier molecular flexibility index (Phi) is 4.05. The Morgan fingerprint density at radius 2 is 1.77 bits per heavy atom. The molecule has 0 unspecified atom stereocenters. The molecule has 0 aliphatic carbocycles. The minimum atomic E-state index is 0.230. The zero-order chi connectivity index (χ0) is 15.4. The highest BCUT2D eigenvalue weighted by molar-refractivity contribution is 6.02. The van der Waals surface area contributed by atoms with E-state index in [0.29, 0.717) is 6.61 Å². The molecule has 3 heteroatoms. The molecule has 3 rings (SSSR count). The van der Waals surface area contributed by atoms with Crippen molar-refractivity contribution in [3.05, 3.63) is 66.2 Å². The zero-order valence-electron chi connectivity index (χ0n) is 12.4. The SMILES string of the molecule is CCOc1ccc(N=Cc2c(O)ccc3ccccc23)cc1. The normalized spacial score (nSPS) is 11.1. The minimum Gasteiger partial charge on any atom is -0.507 e. The Morgan fingerprint density at radius 3 is 2.55 bits per heavy atom. The highest BCUT2D eigenvalue weighted by Crippen LogP contribution is 2.26. The summed E-state index contributed by atoms with van der Waals surface area (Å²) in [5.41, 5.74) is 1.54. The molecular formula is C19H17NO2. The highest BCUT2D eigenvalue weighted by atomic mass is 16.5. The third-order valence-corrected chi connectivity index (χ3v) is 3.44. The molecule has 0 aromatic heterocycles. The van der Waals surface area contributed by atoms with E-state index in [9.17, 15) is 5.11 Å². The largest absolute Gasteiger partial charge is 0.507 e. The van der Waals surface area contributed by atoms with Crippen LogP contribution in [0, 0.1) is 0 Å². The van der Waals surface area contributed by atoms with Gasteiger partial charge in [0, 0.05) is 11.8 Å². The fraction of sp³-hybridized carbons (Fsp3) is 0.105. The molecule has 1 N–H and O–H groups in total. The second-order valence-corrected chi connectivity index (χ2v) is 4.90. The number of ether oxygens (including phenoxy) is 1. The second-order valence-electron chi connectivity index (χ2n) is 4.90. The molecule has 0 aliphatic rings. The summed E-state index contributed by atoms with van der Waals surface area (Å²) in [5, 5.41) is 12.2. The van der Waals surface area contributed by atoms with Crippen LogP contribution in [-0.4, -0.2) is 17.9 Å². The average molecular weight is 291 g/mol. The van der Waals surface area contributed by atoms with Gasteiger partial charge in [0.05, 0.1) is 12.3 Å². The highest BCUT2D eigenvalue weighted by Gasteiger charge is 2.04. The van der Waals surface area contributed by atoms with E-state index in [-0.39, 0.29) is 5.75 Å². The van der Waals surface area contributed by atoms with Gasteiger partial charge in [0.25, 0.3) is 0 Å². The van der Waals surface area contributed by atoms with Crippen molar-refractivity contribution in [3.8, 4) is 11.5 Å². The van der Waals surface area contributed by atoms with Crippen molar-refractivity contribution in [1.82, 2.24) is 0 Å². The molecule has 0 bridgehead atoms. The summed E-state index contributed by atoms with van der Waals surface area (Å²) in [6.45, 7) is 2.60. The van der Waals surface area contributed by atoms with Gasteiger partial charge in [-0.2, -0.15) is 0 Å². The summed E-state index contributed by atoms with van der Waals surface area (Å²) in [4.78, 5) is 4.45. The zero-order valence-corrected chi connectivity index (χ0v) is 12.4. The Labute approximate surface area is 129 Å². The number of rotatable bonds is 4. The van der Waals surface area contributed by atoms with Gasteiger partial charge in [-0.05, 0) is 48.0 Å². The molecule has 0 saturated heterocycles. The predicted octanol–water partition coefficient (Wildman–Crippen LogP) is 4.69. The van der Waals surface area contributed by atoms with Crippen LogP contribution in [0.25, 0.3) is 10.8 Å². The first-order valence-corrected chi connectivity index (χ1v) is 7.25. The smallest absolute Gasteiger partial charge is 0.124 e. The summed E-state index contributed by atoms with van der Waals surface area (Å²) in [6.07, 6.45) is 1.70. The number of nitrogens with zero attached hydrogens (tertiary/aromatic N) is 1. The molecule has 0 spiro atoms. The molecule has 110 valence electrons. The van der Waals surface area contributed by atoms with Crippen molar-refractivity contribution < 1.29 is 9.84 Å². The molecule has 0 heterocycles. The van der Waals surface area contributed by atoms with E-state index < -0.39 is 0 Å². The van der Waals surface area contributed by atoms with Gasteiger partial charge in [0.2, 0.25) is 0 Å². The van der Waals surface area contributed by atoms with Crippen LogP contribution in [0.4, 0.5) is 5.69 Å². The van der Waals surface area contributed by atoms with E-state index in [2.05, 4.69) is 4.99 Å². The van der Waals surface area contributed by atoms with Crippen molar-refractivity contribution in [3.63, 3.8) is 0 Å². The molecule has 0 amide bonds. The Morgan fingerprint density at radius 1 is 1.00 bits per heavy atom. The van der Waals surface area contributed by atoms with Crippen LogP contribution in [0.1, 0.15) is 12.5 Å². The van der Waals surface area contributed by atoms with Crippen molar-refractivity contribution in [1.29, 1.82) is 0 Å². The molecular weight excluding hydrogens is 274 g/mol. The van der Waals surface area contributed by atoms with Gasteiger partial charge >= 0.3 is 0 Å². The molecule has 0 aliphatic heterocycles. The number of hydrogen-bond acceptors (Lipinski definition) is 3. The fourth-order valence-electron chi connectivity index (χ4n) is 2.35. The monoisotopic (exact) mass is 291 g/mol. The van der Waals surface area contributed by atoms with Crippen LogP contribution in [-0.2, 0) is 0 Å². The molecule has 3 aromatic carbocycles. The lowest BCUT2D eigenvalue weighted by Crippen LogP contribution is -1.90. The quantitative estimate of drug-likeness (QED) is 0.708. The number of hydrogen-bond donors (Lipinski definition) is 1. The van der Waals surface area contributed by atoms with E-state index in [4.69, 9.17) is 4.74 Å². The summed E-state index contributed by atoms with van der Waals surface area (Å²) < 4.78 is 5.41. The molecule has 0 fully saturated rings. The van der Waals surface area contributed by atoms with E-state index in [1.54, 1.807) is 12.3 Å². The summed E-state index contributed by atoms with van der Waals surface area (Å²) in [6, 6.07) is 19.1. The average Bonchev–Trinajstić information content (AvgIpc) is 2.56. The Balaban J connectivity index is 1.93. The van der Waals surface area contributed by atoms with Crippen molar-refractivity contribution in [2.45, 2.75) is 6.92 Å². The Bertz CT molecular complexity index is 807. The lowest BCUT2D eigenvalue weighted by atomic mass is 10.0. The standard InChI is InChI=1S/C19H17NO2/c1-2-22-16-10-8-15(9-11-16)20-13-18-17-6-4-3-5-14(17)7-12-19(18)21/h3-13,21H,2H2,1H3. The number of phenols is 1. The second kappa shape index (κ2) is 6.31. The fourth-order valence-corrected chi connectivity index (χ4v) is 2.35. The third kappa shape index (κ3) is 2.93. The van der Waals surface area contributed by atoms with Gasteiger partial charge in [-0.1, -0.05) is 30.3 Å². The lowest BCUT2D eigenvalue weighted by molar-refractivity contribution is 0.340. The van der Waals surface area contributed by atoms with Crippen LogP contribution in [0.15, 0.2) is 65.7 Å². The minimum absolute atomic E-state index is 0.230. The summed E-state index contributed by atoms with van der Waals surface area (Å²) in [7, 11) is 0. The van der Waals surface area contributed by atoms with Gasteiger partial charge in [0.15, 0.2) is 0 Å². The summed E-state index contributed by atoms with van der Waals surface area (Å²) >= 11 is 0. The molecule has 3 nitrogen and oxygen atoms in total.